The Kier molecular flexibility index (Phi) is 6.40. The van der Waals surface area contributed by atoms with Gasteiger partial charge in [-0.2, -0.15) is 0 Å². The summed E-state index contributed by atoms with van der Waals surface area (Å²) in [5.41, 5.74) is 0.560. The number of amides is 2. The number of anilines is 1. The first-order valence-corrected chi connectivity index (χ1v) is 9.69. The monoisotopic (exact) mass is 398 g/mol. The van der Waals surface area contributed by atoms with Crippen molar-refractivity contribution in [3.63, 3.8) is 0 Å². The molecule has 0 radical (unpaired) electrons. The highest BCUT2D eigenvalue weighted by molar-refractivity contribution is 6.36. The van der Waals surface area contributed by atoms with Crippen LogP contribution in [0.15, 0.2) is 18.2 Å². The van der Waals surface area contributed by atoms with Crippen LogP contribution in [0.25, 0.3) is 0 Å². The van der Waals surface area contributed by atoms with Crippen LogP contribution in [-0.2, 0) is 9.59 Å². The van der Waals surface area contributed by atoms with E-state index < -0.39 is 0 Å². The molecule has 1 heterocycles. The van der Waals surface area contributed by atoms with E-state index in [4.69, 9.17) is 23.2 Å². The number of carbonyl (C=O) groups excluding carboxylic acids is 2. The fraction of sp³-hybridized carbons (Fsp3) is 0.556. The first-order chi connectivity index (χ1) is 12.4. The third-order valence-electron chi connectivity index (χ3n) is 4.83. The number of hydrogen-bond acceptors (Lipinski definition) is 4. The summed E-state index contributed by atoms with van der Waals surface area (Å²) in [5.74, 6) is -0.00160. The number of hydrogen-bond donors (Lipinski definition) is 2. The highest BCUT2D eigenvalue weighted by atomic mass is 35.5. The zero-order valence-electron chi connectivity index (χ0n) is 14.8. The van der Waals surface area contributed by atoms with Crippen molar-refractivity contribution in [2.75, 3.05) is 38.0 Å². The van der Waals surface area contributed by atoms with Gasteiger partial charge >= 0.3 is 0 Å². The van der Waals surface area contributed by atoms with Crippen LogP contribution in [-0.4, -0.2) is 66.4 Å². The molecule has 1 aromatic carbocycles. The molecule has 1 saturated heterocycles. The van der Waals surface area contributed by atoms with E-state index in [9.17, 15) is 9.59 Å². The number of carbonyl (C=O) groups is 2. The Morgan fingerprint density at radius 1 is 1.19 bits per heavy atom. The second-order valence-corrected chi connectivity index (χ2v) is 7.79. The van der Waals surface area contributed by atoms with Crippen molar-refractivity contribution in [2.24, 2.45) is 0 Å². The second kappa shape index (κ2) is 8.57. The lowest BCUT2D eigenvalue weighted by Gasteiger charge is -2.37. The van der Waals surface area contributed by atoms with Crippen molar-refractivity contribution in [1.82, 2.24) is 15.1 Å². The molecule has 1 aromatic rings. The topological polar surface area (TPSA) is 64.7 Å². The van der Waals surface area contributed by atoms with Gasteiger partial charge in [0.1, 0.15) is 0 Å². The number of halogens is 2. The van der Waals surface area contributed by atoms with Gasteiger partial charge in [-0.05, 0) is 38.0 Å². The summed E-state index contributed by atoms with van der Waals surface area (Å²) in [6.07, 6.45) is 2.19. The van der Waals surface area contributed by atoms with E-state index in [1.807, 2.05) is 6.92 Å². The molecule has 8 heteroatoms. The molecular weight excluding hydrogens is 375 g/mol. The summed E-state index contributed by atoms with van der Waals surface area (Å²) in [4.78, 5) is 28.7. The van der Waals surface area contributed by atoms with Crippen LogP contribution in [0.3, 0.4) is 0 Å². The quantitative estimate of drug-likeness (QED) is 0.770. The number of rotatable bonds is 6. The predicted molar refractivity (Wildman–Crippen MR) is 104 cm³/mol. The summed E-state index contributed by atoms with van der Waals surface area (Å²) in [6.45, 7) is 5.30. The van der Waals surface area contributed by atoms with E-state index in [1.54, 1.807) is 18.2 Å². The molecule has 2 amide bonds. The Morgan fingerprint density at radius 2 is 1.88 bits per heavy atom. The molecule has 0 bridgehead atoms. The number of piperazine rings is 1. The highest BCUT2D eigenvalue weighted by Gasteiger charge is 2.30. The smallest absolute Gasteiger partial charge is 0.238 e. The summed E-state index contributed by atoms with van der Waals surface area (Å²) in [7, 11) is 0. The normalized spacial score (nSPS) is 19.8. The molecule has 2 N–H and O–H groups in total. The van der Waals surface area contributed by atoms with Gasteiger partial charge in [-0.25, -0.2) is 0 Å². The van der Waals surface area contributed by atoms with Crippen molar-refractivity contribution in [3.8, 4) is 0 Å². The van der Waals surface area contributed by atoms with Crippen LogP contribution >= 0.6 is 23.2 Å². The molecule has 1 unspecified atom stereocenters. The van der Waals surface area contributed by atoms with Crippen LogP contribution in [0.4, 0.5) is 5.69 Å². The van der Waals surface area contributed by atoms with Gasteiger partial charge in [-0.15, -0.1) is 0 Å². The standard InChI is InChI=1S/C18H24Cl2N4O2/c1-12(18(26)21-14-3-4-14)24-8-6-23(7-9-24)11-17(25)22-16-5-2-13(19)10-15(16)20/h2,5,10,12,14H,3-4,6-9,11H2,1H3,(H,21,26)(H,22,25). The maximum absolute atomic E-state index is 12.2. The first kappa shape index (κ1) is 19.4. The third-order valence-corrected chi connectivity index (χ3v) is 5.38. The van der Waals surface area contributed by atoms with Crippen LogP contribution in [0.1, 0.15) is 19.8 Å². The van der Waals surface area contributed by atoms with E-state index in [-0.39, 0.29) is 17.9 Å². The molecule has 1 aliphatic heterocycles. The lowest BCUT2D eigenvalue weighted by molar-refractivity contribution is -0.127. The number of benzene rings is 1. The Labute approximate surface area is 163 Å². The summed E-state index contributed by atoms with van der Waals surface area (Å²) >= 11 is 11.9. The zero-order chi connectivity index (χ0) is 18.7. The Hall–Kier alpha value is -1.34. The van der Waals surface area contributed by atoms with Crippen LogP contribution in [0, 0.1) is 0 Å². The summed E-state index contributed by atoms with van der Waals surface area (Å²) in [5, 5.41) is 6.82. The lowest BCUT2D eigenvalue weighted by atomic mass is 10.2. The fourth-order valence-corrected chi connectivity index (χ4v) is 3.46. The molecule has 0 aromatic heterocycles. The Balaban J connectivity index is 1.43. The van der Waals surface area contributed by atoms with Crippen molar-refractivity contribution >= 4 is 40.7 Å². The summed E-state index contributed by atoms with van der Waals surface area (Å²) in [6, 6.07) is 5.25. The SMILES string of the molecule is CC(C(=O)NC1CC1)N1CCN(CC(=O)Nc2ccc(Cl)cc2Cl)CC1. The van der Waals surface area contributed by atoms with E-state index in [1.165, 1.54) is 0 Å². The van der Waals surface area contributed by atoms with Gasteiger partial charge in [0.15, 0.2) is 0 Å². The minimum atomic E-state index is -0.126. The third kappa shape index (κ3) is 5.33. The molecule has 142 valence electrons. The zero-order valence-corrected chi connectivity index (χ0v) is 16.3. The van der Waals surface area contributed by atoms with Gasteiger partial charge in [0.25, 0.3) is 0 Å². The number of nitrogens with one attached hydrogen (secondary N) is 2. The Morgan fingerprint density at radius 3 is 2.50 bits per heavy atom. The Bertz CT molecular complexity index is 673. The van der Waals surface area contributed by atoms with Gasteiger partial charge in [-0.3, -0.25) is 19.4 Å². The van der Waals surface area contributed by atoms with Gasteiger partial charge in [-0.1, -0.05) is 23.2 Å². The molecule has 2 fully saturated rings. The van der Waals surface area contributed by atoms with Crippen molar-refractivity contribution in [1.29, 1.82) is 0 Å². The van der Waals surface area contributed by atoms with Crippen LogP contribution in [0.2, 0.25) is 10.0 Å². The number of nitrogens with zero attached hydrogens (tertiary/aromatic N) is 2. The summed E-state index contributed by atoms with van der Waals surface area (Å²) < 4.78 is 0. The molecule has 0 spiro atoms. The molecule has 3 rings (SSSR count). The van der Waals surface area contributed by atoms with E-state index in [0.717, 1.165) is 39.0 Å². The second-order valence-electron chi connectivity index (χ2n) is 6.94. The largest absolute Gasteiger partial charge is 0.352 e. The minimum Gasteiger partial charge on any atom is -0.352 e. The highest BCUT2D eigenvalue weighted by Crippen LogP contribution is 2.25. The first-order valence-electron chi connectivity index (χ1n) is 8.94. The molecule has 1 saturated carbocycles. The fourth-order valence-electron chi connectivity index (χ4n) is 3.01. The minimum absolute atomic E-state index is 0.107. The molecule has 6 nitrogen and oxygen atoms in total. The maximum Gasteiger partial charge on any atom is 0.238 e. The average molecular weight is 399 g/mol. The van der Waals surface area contributed by atoms with Crippen LogP contribution < -0.4 is 10.6 Å². The van der Waals surface area contributed by atoms with Crippen LogP contribution in [0.5, 0.6) is 0 Å². The molecular formula is C18H24Cl2N4O2. The van der Waals surface area contributed by atoms with Crippen molar-refractivity contribution in [2.45, 2.75) is 31.8 Å². The van der Waals surface area contributed by atoms with Gasteiger partial charge in [0, 0.05) is 37.2 Å². The lowest BCUT2D eigenvalue weighted by Crippen LogP contribution is -2.55. The van der Waals surface area contributed by atoms with E-state index >= 15 is 0 Å². The van der Waals surface area contributed by atoms with Gasteiger partial charge < -0.3 is 10.6 Å². The van der Waals surface area contributed by atoms with Gasteiger partial charge in [0.2, 0.25) is 11.8 Å². The van der Waals surface area contributed by atoms with E-state index in [2.05, 4.69) is 20.4 Å². The molecule has 1 aliphatic carbocycles. The molecule has 26 heavy (non-hydrogen) atoms. The molecule has 2 aliphatic rings. The van der Waals surface area contributed by atoms with E-state index in [0.29, 0.717) is 28.3 Å². The maximum atomic E-state index is 12.2. The predicted octanol–water partition coefficient (Wildman–Crippen LogP) is 2.22. The van der Waals surface area contributed by atoms with Crippen molar-refractivity contribution in [3.05, 3.63) is 28.2 Å². The van der Waals surface area contributed by atoms with Crippen molar-refractivity contribution < 1.29 is 9.59 Å². The average Bonchev–Trinajstić information content (AvgIpc) is 3.41. The van der Waals surface area contributed by atoms with Gasteiger partial charge in [0.05, 0.1) is 23.3 Å². The molecule has 1 atom stereocenters.